The average Bonchev–Trinajstić information content (AvgIpc) is 2.14. The molecule has 1 nitrogen and oxygen atoms in total. The Morgan fingerprint density at radius 1 is 1.40 bits per heavy atom. The van der Waals surface area contributed by atoms with E-state index in [1.807, 2.05) is 0 Å². The molecule has 0 unspecified atom stereocenters. The standard InChI is InChI=1S/C8H12BrN/c1-6(2)7-4-5-8(9)10(7)3/h4-6H,1-3H3. The minimum Gasteiger partial charge on any atom is -0.342 e. The molecule has 1 aromatic rings. The van der Waals surface area contributed by atoms with Gasteiger partial charge in [0.1, 0.15) is 0 Å². The van der Waals surface area contributed by atoms with Crippen LogP contribution in [0.1, 0.15) is 25.5 Å². The highest BCUT2D eigenvalue weighted by Crippen LogP contribution is 2.19. The molecule has 0 saturated heterocycles. The number of hydrogen-bond acceptors (Lipinski definition) is 0. The first kappa shape index (κ1) is 7.86. The molecule has 0 aliphatic heterocycles. The van der Waals surface area contributed by atoms with E-state index in [0.717, 1.165) is 4.60 Å². The second-order valence-electron chi connectivity index (χ2n) is 2.79. The maximum Gasteiger partial charge on any atom is 0.0846 e. The van der Waals surface area contributed by atoms with Crippen LogP contribution in [-0.4, -0.2) is 4.57 Å². The summed E-state index contributed by atoms with van der Waals surface area (Å²) in [6.45, 7) is 4.39. The third kappa shape index (κ3) is 1.26. The summed E-state index contributed by atoms with van der Waals surface area (Å²) >= 11 is 3.45. The zero-order chi connectivity index (χ0) is 7.72. The summed E-state index contributed by atoms with van der Waals surface area (Å²) in [5, 5.41) is 0. The lowest BCUT2D eigenvalue weighted by atomic mass is 10.1. The lowest BCUT2D eigenvalue weighted by Gasteiger charge is -2.06. The number of nitrogens with zero attached hydrogens (tertiary/aromatic N) is 1. The molecule has 0 amide bonds. The summed E-state index contributed by atoms with van der Waals surface area (Å²) in [7, 11) is 2.07. The Bertz CT molecular complexity index is 225. The first-order chi connectivity index (χ1) is 4.63. The normalized spacial score (nSPS) is 10.9. The number of aromatic nitrogens is 1. The second-order valence-corrected chi connectivity index (χ2v) is 3.61. The van der Waals surface area contributed by atoms with Gasteiger partial charge < -0.3 is 4.57 Å². The van der Waals surface area contributed by atoms with Crippen molar-refractivity contribution in [1.29, 1.82) is 0 Å². The highest BCUT2D eigenvalue weighted by molar-refractivity contribution is 9.10. The lowest BCUT2D eigenvalue weighted by Crippen LogP contribution is -1.97. The SMILES string of the molecule is CC(C)c1ccc(Br)n1C. The van der Waals surface area contributed by atoms with Crippen molar-refractivity contribution in [3.05, 3.63) is 22.4 Å². The van der Waals surface area contributed by atoms with E-state index in [1.54, 1.807) is 0 Å². The fourth-order valence-corrected chi connectivity index (χ4v) is 1.42. The predicted octanol–water partition coefficient (Wildman–Crippen LogP) is 2.91. The van der Waals surface area contributed by atoms with Crippen molar-refractivity contribution in [2.24, 2.45) is 7.05 Å². The van der Waals surface area contributed by atoms with Crippen LogP contribution in [0, 0.1) is 0 Å². The maximum absolute atomic E-state index is 3.45. The molecule has 1 aromatic heterocycles. The predicted molar refractivity (Wildman–Crippen MR) is 47.2 cm³/mol. The summed E-state index contributed by atoms with van der Waals surface area (Å²) in [6, 6.07) is 4.23. The molecule has 0 aliphatic rings. The summed E-state index contributed by atoms with van der Waals surface area (Å²) in [5.41, 5.74) is 1.37. The van der Waals surface area contributed by atoms with Crippen LogP contribution < -0.4 is 0 Å². The van der Waals surface area contributed by atoms with Gasteiger partial charge in [-0.2, -0.15) is 0 Å². The molecule has 0 radical (unpaired) electrons. The van der Waals surface area contributed by atoms with Crippen LogP contribution in [-0.2, 0) is 7.05 Å². The molecular formula is C8H12BrN. The van der Waals surface area contributed by atoms with Crippen molar-refractivity contribution in [2.45, 2.75) is 19.8 Å². The zero-order valence-electron chi connectivity index (χ0n) is 6.56. The molecule has 0 spiro atoms. The first-order valence-corrected chi connectivity index (χ1v) is 4.23. The Morgan fingerprint density at radius 2 is 2.00 bits per heavy atom. The number of hydrogen-bond donors (Lipinski definition) is 0. The van der Waals surface area contributed by atoms with Gasteiger partial charge in [0.25, 0.3) is 0 Å². The third-order valence-electron chi connectivity index (χ3n) is 1.69. The second kappa shape index (κ2) is 2.79. The Hall–Kier alpha value is -0.240. The zero-order valence-corrected chi connectivity index (χ0v) is 8.14. The summed E-state index contributed by atoms with van der Waals surface area (Å²) in [5.74, 6) is 0.608. The number of rotatable bonds is 1. The molecule has 0 saturated carbocycles. The van der Waals surface area contributed by atoms with Gasteiger partial charge in [0.05, 0.1) is 4.60 Å². The third-order valence-corrected chi connectivity index (χ3v) is 2.49. The van der Waals surface area contributed by atoms with E-state index in [1.165, 1.54) is 5.69 Å². The molecule has 0 aromatic carbocycles. The van der Waals surface area contributed by atoms with Gasteiger partial charge in [-0.1, -0.05) is 13.8 Å². The van der Waals surface area contributed by atoms with E-state index < -0.39 is 0 Å². The van der Waals surface area contributed by atoms with Crippen molar-refractivity contribution in [2.75, 3.05) is 0 Å². The molecule has 56 valence electrons. The molecule has 0 fully saturated rings. The van der Waals surface area contributed by atoms with E-state index in [2.05, 4.69) is 53.5 Å². The molecule has 1 heterocycles. The fourth-order valence-electron chi connectivity index (χ4n) is 1.08. The van der Waals surface area contributed by atoms with Crippen LogP contribution in [0.2, 0.25) is 0 Å². The Balaban J connectivity index is 3.05. The van der Waals surface area contributed by atoms with E-state index in [0.29, 0.717) is 5.92 Å². The molecule has 10 heavy (non-hydrogen) atoms. The van der Waals surface area contributed by atoms with Gasteiger partial charge in [-0.3, -0.25) is 0 Å². The Morgan fingerprint density at radius 3 is 2.20 bits per heavy atom. The van der Waals surface area contributed by atoms with Crippen LogP contribution in [0.25, 0.3) is 0 Å². The summed E-state index contributed by atoms with van der Waals surface area (Å²) in [4.78, 5) is 0. The number of halogens is 1. The van der Waals surface area contributed by atoms with Gasteiger partial charge in [-0.15, -0.1) is 0 Å². The van der Waals surface area contributed by atoms with Gasteiger partial charge in [-0.25, -0.2) is 0 Å². The highest BCUT2D eigenvalue weighted by Gasteiger charge is 2.04. The molecular weight excluding hydrogens is 190 g/mol. The maximum atomic E-state index is 3.45. The van der Waals surface area contributed by atoms with Gasteiger partial charge in [0, 0.05) is 12.7 Å². The van der Waals surface area contributed by atoms with Crippen LogP contribution in [0.3, 0.4) is 0 Å². The topological polar surface area (TPSA) is 4.93 Å². The lowest BCUT2D eigenvalue weighted by molar-refractivity contribution is 0.732. The van der Waals surface area contributed by atoms with Crippen molar-refractivity contribution in [3.8, 4) is 0 Å². The molecule has 0 bridgehead atoms. The first-order valence-electron chi connectivity index (χ1n) is 3.44. The molecule has 0 N–H and O–H groups in total. The minimum atomic E-state index is 0.608. The summed E-state index contributed by atoms with van der Waals surface area (Å²) in [6.07, 6.45) is 0. The van der Waals surface area contributed by atoms with Crippen LogP contribution in [0.4, 0.5) is 0 Å². The fraction of sp³-hybridized carbons (Fsp3) is 0.500. The quantitative estimate of drug-likeness (QED) is 0.659. The minimum absolute atomic E-state index is 0.608. The largest absolute Gasteiger partial charge is 0.342 e. The molecule has 2 heteroatoms. The van der Waals surface area contributed by atoms with E-state index in [-0.39, 0.29) is 0 Å². The van der Waals surface area contributed by atoms with Crippen LogP contribution in [0.5, 0.6) is 0 Å². The van der Waals surface area contributed by atoms with E-state index in [4.69, 9.17) is 0 Å². The van der Waals surface area contributed by atoms with Crippen molar-refractivity contribution in [3.63, 3.8) is 0 Å². The molecule has 1 rings (SSSR count). The van der Waals surface area contributed by atoms with Crippen LogP contribution in [0.15, 0.2) is 16.7 Å². The smallest absolute Gasteiger partial charge is 0.0846 e. The summed E-state index contributed by atoms with van der Waals surface area (Å²) < 4.78 is 3.31. The van der Waals surface area contributed by atoms with Crippen molar-refractivity contribution >= 4 is 15.9 Å². The average molecular weight is 202 g/mol. The molecule has 0 atom stereocenters. The molecule has 0 aliphatic carbocycles. The van der Waals surface area contributed by atoms with Gasteiger partial charge in [-0.05, 0) is 34.0 Å². The van der Waals surface area contributed by atoms with Crippen molar-refractivity contribution < 1.29 is 0 Å². The Labute approximate surface area is 70.2 Å². The van der Waals surface area contributed by atoms with Gasteiger partial charge >= 0.3 is 0 Å². The highest BCUT2D eigenvalue weighted by atomic mass is 79.9. The van der Waals surface area contributed by atoms with E-state index >= 15 is 0 Å². The van der Waals surface area contributed by atoms with Crippen molar-refractivity contribution in [1.82, 2.24) is 4.57 Å². The Kier molecular flexibility index (Phi) is 2.19. The van der Waals surface area contributed by atoms with Gasteiger partial charge in [0.2, 0.25) is 0 Å². The monoisotopic (exact) mass is 201 g/mol. The van der Waals surface area contributed by atoms with Crippen LogP contribution >= 0.6 is 15.9 Å². The van der Waals surface area contributed by atoms with Gasteiger partial charge in [0.15, 0.2) is 0 Å². The van der Waals surface area contributed by atoms with E-state index in [9.17, 15) is 0 Å².